The van der Waals surface area contributed by atoms with Crippen LogP contribution >= 0.6 is 0 Å². The van der Waals surface area contributed by atoms with Crippen LogP contribution in [0.5, 0.6) is 0 Å². The van der Waals surface area contributed by atoms with E-state index in [0.29, 0.717) is 0 Å². The van der Waals surface area contributed by atoms with Gasteiger partial charge in [-0.3, -0.25) is 0 Å². The lowest BCUT2D eigenvalue weighted by Crippen LogP contribution is -2.44. The Morgan fingerprint density at radius 2 is 1.55 bits per heavy atom. The monoisotopic (exact) mass is 310 g/mol. The highest BCUT2D eigenvalue weighted by Crippen LogP contribution is 2.10. The van der Waals surface area contributed by atoms with Crippen LogP contribution in [0, 0.1) is 0 Å². The van der Waals surface area contributed by atoms with E-state index in [1.54, 1.807) is 32.0 Å². The Balaban J connectivity index is 2.88. The SMILES string of the molecule is CCOC(=O)[C@H](O)[C@@H](OC(=O)c1ccccc1)C(=O)OCC. The smallest absolute Gasteiger partial charge is 0.350 e. The molecule has 1 rings (SSSR count). The molecule has 1 aromatic carbocycles. The van der Waals surface area contributed by atoms with Crippen molar-refractivity contribution in [3.05, 3.63) is 35.9 Å². The van der Waals surface area contributed by atoms with Gasteiger partial charge in [-0.05, 0) is 26.0 Å². The Kier molecular flexibility index (Phi) is 7.04. The summed E-state index contributed by atoms with van der Waals surface area (Å²) in [4.78, 5) is 35.3. The molecule has 2 atom stereocenters. The molecule has 0 saturated carbocycles. The topological polar surface area (TPSA) is 99.1 Å². The summed E-state index contributed by atoms with van der Waals surface area (Å²) in [5.74, 6) is -2.95. The molecule has 1 aromatic rings. The molecule has 0 heterocycles. The van der Waals surface area contributed by atoms with E-state index in [2.05, 4.69) is 4.74 Å². The van der Waals surface area contributed by atoms with Crippen LogP contribution in [0.4, 0.5) is 0 Å². The summed E-state index contributed by atoms with van der Waals surface area (Å²) in [5.41, 5.74) is 0.174. The fraction of sp³-hybridized carbons (Fsp3) is 0.400. The van der Waals surface area contributed by atoms with Gasteiger partial charge in [-0.2, -0.15) is 0 Å². The molecule has 0 aliphatic rings. The molecule has 22 heavy (non-hydrogen) atoms. The van der Waals surface area contributed by atoms with Gasteiger partial charge in [-0.1, -0.05) is 18.2 Å². The molecule has 0 aromatic heterocycles. The minimum Gasteiger partial charge on any atom is -0.464 e. The summed E-state index contributed by atoms with van der Waals surface area (Å²) < 4.78 is 14.2. The van der Waals surface area contributed by atoms with Gasteiger partial charge in [0.15, 0.2) is 6.10 Å². The number of hydrogen-bond donors (Lipinski definition) is 1. The fourth-order valence-corrected chi connectivity index (χ4v) is 1.57. The highest BCUT2D eigenvalue weighted by Gasteiger charge is 2.38. The first-order valence-electron chi connectivity index (χ1n) is 6.78. The molecule has 0 bridgehead atoms. The van der Waals surface area contributed by atoms with Crippen molar-refractivity contribution < 1.29 is 33.7 Å². The lowest BCUT2D eigenvalue weighted by Gasteiger charge is -2.20. The summed E-state index contributed by atoms with van der Waals surface area (Å²) in [7, 11) is 0. The van der Waals surface area contributed by atoms with E-state index in [4.69, 9.17) is 9.47 Å². The normalized spacial score (nSPS) is 12.9. The average Bonchev–Trinajstić information content (AvgIpc) is 2.53. The third kappa shape index (κ3) is 4.85. The lowest BCUT2D eigenvalue weighted by molar-refractivity contribution is -0.172. The number of ether oxygens (including phenoxy) is 3. The number of hydrogen-bond acceptors (Lipinski definition) is 7. The second-order valence-electron chi connectivity index (χ2n) is 4.14. The third-order valence-electron chi connectivity index (χ3n) is 2.58. The van der Waals surface area contributed by atoms with Crippen LogP contribution in [-0.2, 0) is 23.8 Å². The molecule has 7 heteroatoms. The molecule has 0 aliphatic carbocycles. The summed E-state index contributed by atoms with van der Waals surface area (Å²) in [6.45, 7) is 3.11. The Labute approximate surface area is 127 Å². The van der Waals surface area contributed by atoms with E-state index in [1.165, 1.54) is 12.1 Å². The zero-order valence-electron chi connectivity index (χ0n) is 12.4. The van der Waals surface area contributed by atoms with E-state index in [9.17, 15) is 19.5 Å². The number of aliphatic hydroxyl groups excluding tert-OH is 1. The first-order valence-corrected chi connectivity index (χ1v) is 6.78. The van der Waals surface area contributed by atoms with Crippen LogP contribution in [0.2, 0.25) is 0 Å². The Bertz CT molecular complexity index is 512. The van der Waals surface area contributed by atoms with Gasteiger partial charge >= 0.3 is 17.9 Å². The van der Waals surface area contributed by atoms with E-state index < -0.39 is 30.1 Å². The first kappa shape index (κ1) is 17.6. The third-order valence-corrected chi connectivity index (χ3v) is 2.58. The number of aliphatic hydroxyl groups is 1. The molecule has 0 aliphatic heterocycles. The van der Waals surface area contributed by atoms with Crippen LogP contribution in [0.25, 0.3) is 0 Å². The molecule has 0 spiro atoms. The summed E-state index contributed by atoms with van der Waals surface area (Å²) >= 11 is 0. The number of benzene rings is 1. The maximum Gasteiger partial charge on any atom is 0.350 e. The highest BCUT2D eigenvalue weighted by atomic mass is 16.6. The minimum absolute atomic E-state index is 0.00770. The Hall–Kier alpha value is -2.41. The maximum absolute atomic E-state index is 12.0. The van der Waals surface area contributed by atoms with Gasteiger partial charge in [-0.25, -0.2) is 14.4 Å². The number of carbonyl (C=O) groups excluding carboxylic acids is 3. The Morgan fingerprint density at radius 1 is 1.00 bits per heavy atom. The van der Waals surface area contributed by atoms with Crippen molar-refractivity contribution in [1.82, 2.24) is 0 Å². The van der Waals surface area contributed by atoms with E-state index in [1.807, 2.05) is 0 Å². The average molecular weight is 310 g/mol. The number of carbonyl (C=O) groups is 3. The fourth-order valence-electron chi connectivity index (χ4n) is 1.57. The van der Waals surface area contributed by atoms with Gasteiger partial charge < -0.3 is 19.3 Å². The van der Waals surface area contributed by atoms with E-state index in [0.717, 1.165) is 0 Å². The largest absolute Gasteiger partial charge is 0.464 e. The molecular formula is C15H18O7. The van der Waals surface area contributed by atoms with E-state index in [-0.39, 0.29) is 18.8 Å². The van der Waals surface area contributed by atoms with Crippen LogP contribution in [0.1, 0.15) is 24.2 Å². The molecule has 7 nitrogen and oxygen atoms in total. The summed E-state index contributed by atoms with van der Waals surface area (Å²) in [6, 6.07) is 7.87. The van der Waals surface area contributed by atoms with Gasteiger partial charge in [0.1, 0.15) is 0 Å². The summed E-state index contributed by atoms with van der Waals surface area (Å²) in [5, 5.41) is 9.85. The predicted octanol–water partition coefficient (Wildman–Crippen LogP) is 0.699. The van der Waals surface area contributed by atoms with E-state index >= 15 is 0 Å². The van der Waals surface area contributed by atoms with Crippen molar-refractivity contribution in [3.63, 3.8) is 0 Å². The van der Waals surface area contributed by atoms with Crippen LogP contribution in [0.15, 0.2) is 30.3 Å². The molecule has 120 valence electrons. The molecule has 0 saturated heterocycles. The van der Waals surface area contributed by atoms with Gasteiger partial charge in [0, 0.05) is 0 Å². The van der Waals surface area contributed by atoms with Gasteiger partial charge in [0.2, 0.25) is 6.10 Å². The zero-order valence-corrected chi connectivity index (χ0v) is 12.4. The van der Waals surface area contributed by atoms with Crippen molar-refractivity contribution in [2.45, 2.75) is 26.1 Å². The van der Waals surface area contributed by atoms with Crippen LogP contribution in [0.3, 0.4) is 0 Å². The molecule has 0 amide bonds. The standard InChI is InChI=1S/C15H18O7/c1-3-20-14(18)11(16)12(15(19)21-4-2)22-13(17)10-8-6-5-7-9-10/h5-9,11-12,16H,3-4H2,1-2H3/t11-,12-/m1/s1. The second kappa shape index (κ2) is 8.78. The maximum atomic E-state index is 12.0. The van der Waals surface area contributed by atoms with Crippen molar-refractivity contribution >= 4 is 17.9 Å². The van der Waals surface area contributed by atoms with Crippen molar-refractivity contribution in [2.75, 3.05) is 13.2 Å². The predicted molar refractivity (Wildman–Crippen MR) is 74.9 cm³/mol. The lowest BCUT2D eigenvalue weighted by atomic mass is 10.2. The quantitative estimate of drug-likeness (QED) is 0.584. The second-order valence-corrected chi connectivity index (χ2v) is 4.14. The van der Waals surface area contributed by atoms with Crippen molar-refractivity contribution in [2.24, 2.45) is 0 Å². The first-order chi connectivity index (χ1) is 10.5. The van der Waals surface area contributed by atoms with Crippen molar-refractivity contribution in [1.29, 1.82) is 0 Å². The zero-order chi connectivity index (χ0) is 16.5. The molecule has 0 radical (unpaired) electrons. The number of esters is 3. The molecule has 1 N–H and O–H groups in total. The van der Waals surface area contributed by atoms with Gasteiger partial charge in [0.25, 0.3) is 0 Å². The minimum atomic E-state index is -1.95. The highest BCUT2D eigenvalue weighted by molar-refractivity contribution is 5.93. The van der Waals surface area contributed by atoms with Crippen molar-refractivity contribution in [3.8, 4) is 0 Å². The molecular weight excluding hydrogens is 292 g/mol. The molecule has 0 unspecified atom stereocenters. The van der Waals surface area contributed by atoms with Crippen LogP contribution < -0.4 is 0 Å². The Morgan fingerprint density at radius 3 is 2.09 bits per heavy atom. The summed E-state index contributed by atoms with van der Waals surface area (Å²) in [6.07, 6.45) is -3.74. The number of rotatable bonds is 7. The van der Waals surface area contributed by atoms with Gasteiger partial charge in [-0.15, -0.1) is 0 Å². The molecule has 0 fully saturated rings. The van der Waals surface area contributed by atoms with Gasteiger partial charge in [0.05, 0.1) is 18.8 Å². The van der Waals surface area contributed by atoms with Crippen LogP contribution in [-0.4, -0.2) is 48.4 Å².